The number of rotatable bonds is 2. The summed E-state index contributed by atoms with van der Waals surface area (Å²) < 4.78 is 6.00. The zero-order valence-corrected chi connectivity index (χ0v) is 12.1. The number of hydrogen-bond donors (Lipinski definition) is 1. The van der Waals surface area contributed by atoms with E-state index >= 15 is 0 Å². The minimum atomic E-state index is 0.0728. The van der Waals surface area contributed by atoms with Crippen LogP contribution >= 0.6 is 0 Å². The number of nitrogens with zero attached hydrogens (tertiary/aromatic N) is 2. The fourth-order valence-electron chi connectivity index (χ4n) is 2.69. The molecule has 2 heterocycles. The van der Waals surface area contributed by atoms with Crippen molar-refractivity contribution in [2.24, 2.45) is 5.73 Å². The zero-order chi connectivity index (χ0) is 14.3. The molecule has 1 aromatic heterocycles. The van der Waals surface area contributed by atoms with Crippen LogP contribution in [0.15, 0.2) is 18.3 Å². The third-order valence-electron chi connectivity index (χ3n) is 3.64. The molecule has 104 valence electrons. The highest BCUT2D eigenvalue weighted by molar-refractivity contribution is 5.72. The minimum Gasteiger partial charge on any atom is -0.488 e. The molecular formula is C16H19N3O. The molecule has 0 saturated carbocycles. The van der Waals surface area contributed by atoms with Crippen LogP contribution in [0.4, 0.5) is 0 Å². The highest BCUT2D eigenvalue weighted by Crippen LogP contribution is 2.39. The molecule has 0 bridgehead atoms. The van der Waals surface area contributed by atoms with Crippen LogP contribution in [0.25, 0.3) is 11.3 Å². The number of nitrogens with two attached hydrogens (primary N) is 1. The van der Waals surface area contributed by atoms with Crippen molar-refractivity contribution in [2.45, 2.75) is 33.3 Å². The van der Waals surface area contributed by atoms with Crippen molar-refractivity contribution in [2.75, 3.05) is 6.54 Å². The quantitative estimate of drug-likeness (QED) is 0.909. The fraction of sp³-hybridized carbons (Fsp3) is 0.375. The minimum absolute atomic E-state index is 0.0728. The molecule has 3 rings (SSSR count). The van der Waals surface area contributed by atoms with Gasteiger partial charge in [-0.25, -0.2) is 4.98 Å². The molecule has 1 aliphatic rings. The Morgan fingerprint density at radius 1 is 1.30 bits per heavy atom. The summed E-state index contributed by atoms with van der Waals surface area (Å²) in [5, 5.41) is 0. The van der Waals surface area contributed by atoms with Gasteiger partial charge in [0.1, 0.15) is 11.9 Å². The van der Waals surface area contributed by atoms with Crippen LogP contribution in [0.5, 0.6) is 5.75 Å². The fourth-order valence-corrected chi connectivity index (χ4v) is 2.69. The molecule has 0 amide bonds. The second-order valence-corrected chi connectivity index (χ2v) is 5.43. The number of benzene rings is 1. The molecular weight excluding hydrogens is 250 g/mol. The Hall–Kier alpha value is -1.94. The topological polar surface area (TPSA) is 61.0 Å². The molecule has 0 saturated heterocycles. The molecule has 0 spiro atoms. The summed E-state index contributed by atoms with van der Waals surface area (Å²) >= 11 is 0. The van der Waals surface area contributed by atoms with Crippen molar-refractivity contribution in [3.63, 3.8) is 0 Å². The summed E-state index contributed by atoms with van der Waals surface area (Å²) in [7, 11) is 0. The van der Waals surface area contributed by atoms with Crippen LogP contribution in [-0.2, 0) is 6.42 Å². The summed E-state index contributed by atoms with van der Waals surface area (Å²) in [6.45, 7) is 6.56. The van der Waals surface area contributed by atoms with E-state index in [-0.39, 0.29) is 6.10 Å². The van der Waals surface area contributed by atoms with Gasteiger partial charge in [-0.2, -0.15) is 0 Å². The Labute approximate surface area is 119 Å². The molecule has 2 N–H and O–H groups in total. The predicted molar refractivity (Wildman–Crippen MR) is 78.9 cm³/mol. The van der Waals surface area contributed by atoms with E-state index in [0.717, 1.165) is 34.8 Å². The number of hydrogen-bond acceptors (Lipinski definition) is 4. The summed E-state index contributed by atoms with van der Waals surface area (Å²) in [4.78, 5) is 9.05. The van der Waals surface area contributed by atoms with Gasteiger partial charge in [0.05, 0.1) is 17.1 Å². The lowest BCUT2D eigenvalue weighted by molar-refractivity contribution is 0.242. The number of aryl methyl sites for hydroxylation is 3. The van der Waals surface area contributed by atoms with Crippen LogP contribution in [0, 0.1) is 20.8 Å². The Kier molecular flexibility index (Phi) is 3.18. The van der Waals surface area contributed by atoms with E-state index in [1.807, 2.05) is 13.8 Å². The maximum absolute atomic E-state index is 6.00. The summed E-state index contributed by atoms with van der Waals surface area (Å²) in [6.07, 6.45) is 2.74. The maximum Gasteiger partial charge on any atom is 0.132 e. The molecule has 1 atom stereocenters. The Balaban J connectivity index is 2.18. The van der Waals surface area contributed by atoms with Crippen molar-refractivity contribution in [3.05, 3.63) is 40.8 Å². The SMILES string of the molecule is Cc1cc2c(c(-c3nc(C)cnc3C)c1)O[C@H](CN)C2. The first kappa shape index (κ1) is 13.1. The zero-order valence-electron chi connectivity index (χ0n) is 12.1. The van der Waals surface area contributed by atoms with Gasteiger partial charge in [0.2, 0.25) is 0 Å². The Bertz CT molecular complexity index is 667. The maximum atomic E-state index is 6.00. The lowest BCUT2D eigenvalue weighted by Gasteiger charge is -2.13. The second-order valence-electron chi connectivity index (χ2n) is 5.43. The molecule has 0 aliphatic carbocycles. The van der Waals surface area contributed by atoms with Gasteiger partial charge >= 0.3 is 0 Å². The van der Waals surface area contributed by atoms with Crippen LogP contribution < -0.4 is 10.5 Å². The monoisotopic (exact) mass is 269 g/mol. The van der Waals surface area contributed by atoms with E-state index in [1.54, 1.807) is 6.20 Å². The average molecular weight is 269 g/mol. The van der Waals surface area contributed by atoms with Gasteiger partial charge in [-0.3, -0.25) is 4.98 Å². The summed E-state index contributed by atoms with van der Waals surface area (Å²) in [5.41, 5.74) is 11.9. The third kappa shape index (κ3) is 2.16. The van der Waals surface area contributed by atoms with E-state index in [1.165, 1.54) is 11.1 Å². The molecule has 0 radical (unpaired) electrons. The van der Waals surface area contributed by atoms with Gasteiger partial charge in [-0.1, -0.05) is 6.07 Å². The predicted octanol–water partition coefficient (Wildman–Crippen LogP) is 2.33. The normalized spacial score (nSPS) is 16.9. The number of ether oxygens (including phenoxy) is 1. The molecule has 1 aliphatic heterocycles. The average Bonchev–Trinajstić information content (AvgIpc) is 2.83. The van der Waals surface area contributed by atoms with E-state index in [9.17, 15) is 0 Å². The second kappa shape index (κ2) is 4.87. The molecule has 2 aromatic rings. The summed E-state index contributed by atoms with van der Waals surface area (Å²) in [5.74, 6) is 0.925. The first-order chi connectivity index (χ1) is 9.58. The van der Waals surface area contributed by atoms with E-state index < -0.39 is 0 Å². The smallest absolute Gasteiger partial charge is 0.132 e. The van der Waals surface area contributed by atoms with Gasteiger partial charge in [-0.05, 0) is 38.0 Å². The third-order valence-corrected chi connectivity index (χ3v) is 3.64. The van der Waals surface area contributed by atoms with Crippen LogP contribution in [0.3, 0.4) is 0 Å². The van der Waals surface area contributed by atoms with Crippen molar-refractivity contribution < 1.29 is 4.74 Å². The van der Waals surface area contributed by atoms with E-state index in [2.05, 4.69) is 29.0 Å². The lowest BCUT2D eigenvalue weighted by atomic mass is 10.00. The Morgan fingerprint density at radius 3 is 2.85 bits per heavy atom. The van der Waals surface area contributed by atoms with Crippen molar-refractivity contribution >= 4 is 0 Å². The highest BCUT2D eigenvalue weighted by Gasteiger charge is 2.26. The van der Waals surface area contributed by atoms with Gasteiger partial charge < -0.3 is 10.5 Å². The van der Waals surface area contributed by atoms with Crippen molar-refractivity contribution in [3.8, 4) is 17.0 Å². The van der Waals surface area contributed by atoms with Crippen LogP contribution in [-0.4, -0.2) is 22.6 Å². The van der Waals surface area contributed by atoms with Gasteiger partial charge in [0, 0.05) is 24.7 Å². The first-order valence-electron chi connectivity index (χ1n) is 6.89. The molecule has 0 fully saturated rings. The molecule has 1 aromatic carbocycles. The lowest BCUT2D eigenvalue weighted by Crippen LogP contribution is -2.24. The summed E-state index contributed by atoms with van der Waals surface area (Å²) in [6, 6.07) is 4.29. The standard InChI is InChI=1S/C16H19N3O/c1-9-4-12-6-13(7-17)20-16(12)14(5-9)15-11(3)18-8-10(2)19-15/h4-5,8,13H,6-7,17H2,1-3H3/t13-/m0/s1. The largest absolute Gasteiger partial charge is 0.488 e. The van der Waals surface area contributed by atoms with Crippen LogP contribution in [0.2, 0.25) is 0 Å². The Morgan fingerprint density at radius 2 is 2.10 bits per heavy atom. The van der Waals surface area contributed by atoms with Crippen LogP contribution in [0.1, 0.15) is 22.5 Å². The first-order valence-corrected chi connectivity index (χ1v) is 6.89. The number of fused-ring (bicyclic) bond motifs is 1. The van der Waals surface area contributed by atoms with E-state index in [0.29, 0.717) is 6.54 Å². The van der Waals surface area contributed by atoms with Gasteiger partial charge in [0.25, 0.3) is 0 Å². The van der Waals surface area contributed by atoms with Gasteiger partial charge in [-0.15, -0.1) is 0 Å². The van der Waals surface area contributed by atoms with Crippen molar-refractivity contribution in [1.29, 1.82) is 0 Å². The van der Waals surface area contributed by atoms with Crippen molar-refractivity contribution in [1.82, 2.24) is 9.97 Å². The van der Waals surface area contributed by atoms with Gasteiger partial charge in [0.15, 0.2) is 0 Å². The van der Waals surface area contributed by atoms with E-state index in [4.69, 9.17) is 10.5 Å². The molecule has 4 heteroatoms. The molecule has 20 heavy (non-hydrogen) atoms. The molecule has 0 unspecified atom stereocenters. The molecule has 4 nitrogen and oxygen atoms in total. The number of aromatic nitrogens is 2. The highest BCUT2D eigenvalue weighted by atomic mass is 16.5.